The van der Waals surface area contributed by atoms with Crippen molar-refractivity contribution in [1.29, 1.82) is 0 Å². The van der Waals surface area contributed by atoms with Gasteiger partial charge in [0.2, 0.25) is 0 Å². The number of aliphatic hydroxyl groups is 1. The maximum absolute atomic E-state index is 8.77. The van der Waals surface area contributed by atoms with Crippen LogP contribution in [-0.4, -0.2) is 42.8 Å². The molecule has 18 heavy (non-hydrogen) atoms. The summed E-state index contributed by atoms with van der Waals surface area (Å²) >= 11 is 0. The molecule has 0 saturated carbocycles. The van der Waals surface area contributed by atoms with Gasteiger partial charge in [0.15, 0.2) is 0 Å². The normalized spacial score (nSPS) is 21.1. The van der Waals surface area contributed by atoms with Crippen LogP contribution in [0.1, 0.15) is 18.4 Å². The molecule has 1 aliphatic rings. The molecule has 0 unspecified atom stereocenters. The first-order valence-corrected chi connectivity index (χ1v) is 6.96. The van der Waals surface area contributed by atoms with Crippen LogP contribution in [0.3, 0.4) is 0 Å². The van der Waals surface area contributed by atoms with Gasteiger partial charge in [0, 0.05) is 19.6 Å². The fourth-order valence-corrected chi connectivity index (χ4v) is 2.69. The molecule has 1 heterocycles. The summed E-state index contributed by atoms with van der Waals surface area (Å²) in [5.74, 6) is 0.731. The molecule has 0 amide bonds. The highest BCUT2D eigenvalue weighted by atomic mass is 16.3. The van der Waals surface area contributed by atoms with E-state index in [1.807, 2.05) is 0 Å². The molecule has 0 bridgehead atoms. The van der Waals surface area contributed by atoms with E-state index in [0.717, 1.165) is 25.6 Å². The maximum atomic E-state index is 8.77. The van der Waals surface area contributed by atoms with E-state index in [9.17, 15) is 0 Å². The summed E-state index contributed by atoms with van der Waals surface area (Å²) in [7, 11) is 0. The third-order valence-corrected chi connectivity index (χ3v) is 3.57. The van der Waals surface area contributed by atoms with Crippen LogP contribution in [0.2, 0.25) is 0 Å². The summed E-state index contributed by atoms with van der Waals surface area (Å²) in [5.41, 5.74) is 1.40. The average molecular weight is 248 g/mol. The Morgan fingerprint density at radius 3 is 2.89 bits per heavy atom. The van der Waals surface area contributed by atoms with Crippen LogP contribution in [-0.2, 0) is 6.54 Å². The van der Waals surface area contributed by atoms with Crippen LogP contribution < -0.4 is 5.32 Å². The van der Waals surface area contributed by atoms with E-state index in [1.54, 1.807) is 0 Å². The molecule has 1 fully saturated rings. The Balaban J connectivity index is 1.76. The average Bonchev–Trinajstić information content (AvgIpc) is 2.41. The zero-order chi connectivity index (χ0) is 12.6. The molecule has 0 aliphatic carbocycles. The lowest BCUT2D eigenvalue weighted by molar-refractivity contribution is 0.163. The van der Waals surface area contributed by atoms with E-state index in [4.69, 9.17) is 5.11 Å². The molecule has 1 saturated heterocycles. The van der Waals surface area contributed by atoms with Gasteiger partial charge in [0.1, 0.15) is 0 Å². The van der Waals surface area contributed by atoms with Crippen molar-refractivity contribution in [2.75, 3.05) is 32.8 Å². The SMILES string of the molecule is OCCNC[C@@H]1CCCN(Cc2ccccc2)C1. The number of aliphatic hydroxyl groups excluding tert-OH is 1. The molecular weight excluding hydrogens is 224 g/mol. The molecule has 0 spiro atoms. The number of piperidine rings is 1. The van der Waals surface area contributed by atoms with Gasteiger partial charge in [0.25, 0.3) is 0 Å². The predicted octanol–water partition coefficient (Wildman–Crippen LogP) is 1.48. The molecule has 0 radical (unpaired) electrons. The molecule has 0 aromatic heterocycles. The van der Waals surface area contributed by atoms with Crippen molar-refractivity contribution in [3.05, 3.63) is 35.9 Å². The molecule has 1 aromatic rings. The van der Waals surface area contributed by atoms with E-state index in [-0.39, 0.29) is 6.61 Å². The number of rotatable bonds is 6. The molecular formula is C15H24N2O. The van der Waals surface area contributed by atoms with Crippen LogP contribution in [0.4, 0.5) is 0 Å². The van der Waals surface area contributed by atoms with Crippen LogP contribution in [0, 0.1) is 5.92 Å². The zero-order valence-corrected chi connectivity index (χ0v) is 11.0. The standard InChI is InChI=1S/C15H24N2O/c18-10-8-16-11-15-7-4-9-17(13-15)12-14-5-2-1-3-6-14/h1-3,5-6,15-16,18H,4,7-13H2/t15-/m0/s1. The third-order valence-electron chi connectivity index (χ3n) is 3.57. The molecule has 3 nitrogen and oxygen atoms in total. The number of nitrogens with zero attached hydrogens (tertiary/aromatic N) is 1. The minimum atomic E-state index is 0.237. The number of benzene rings is 1. The number of hydrogen-bond acceptors (Lipinski definition) is 3. The molecule has 2 N–H and O–H groups in total. The fraction of sp³-hybridized carbons (Fsp3) is 0.600. The first-order chi connectivity index (χ1) is 8.88. The molecule has 2 rings (SSSR count). The van der Waals surface area contributed by atoms with Crippen LogP contribution in [0.15, 0.2) is 30.3 Å². The Bertz CT molecular complexity index is 329. The van der Waals surface area contributed by atoms with Gasteiger partial charge in [-0.3, -0.25) is 4.90 Å². The van der Waals surface area contributed by atoms with Gasteiger partial charge in [-0.2, -0.15) is 0 Å². The highest BCUT2D eigenvalue weighted by molar-refractivity contribution is 5.14. The lowest BCUT2D eigenvalue weighted by atomic mass is 9.97. The maximum Gasteiger partial charge on any atom is 0.0555 e. The van der Waals surface area contributed by atoms with Gasteiger partial charge in [0.05, 0.1) is 6.61 Å². The van der Waals surface area contributed by atoms with Crippen LogP contribution in [0.5, 0.6) is 0 Å². The van der Waals surface area contributed by atoms with Crippen molar-refractivity contribution in [2.24, 2.45) is 5.92 Å². The minimum Gasteiger partial charge on any atom is -0.395 e. The zero-order valence-electron chi connectivity index (χ0n) is 11.0. The van der Waals surface area contributed by atoms with Gasteiger partial charge >= 0.3 is 0 Å². The van der Waals surface area contributed by atoms with Gasteiger partial charge in [-0.05, 0) is 37.4 Å². The lowest BCUT2D eigenvalue weighted by Gasteiger charge is -2.32. The summed E-state index contributed by atoms with van der Waals surface area (Å²) in [6.45, 7) is 5.44. The topological polar surface area (TPSA) is 35.5 Å². The van der Waals surface area contributed by atoms with Gasteiger partial charge < -0.3 is 10.4 Å². The van der Waals surface area contributed by atoms with Crippen LogP contribution in [0.25, 0.3) is 0 Å². The van der Waals surface area contributed by atoms with E-state index in [0.29, 0.717) is 0 Å². The van der Waals surface area contributed by atoms with Gasteiger partial charge in [-0.25, -0.2) is 0 Å². The molecule has 1 aromatic carbocycles. The molecule has 1 aliphatic heterocycles. The Morgan fingerprint density at radius 1 is 1.28 bits per heavy atom. The van der Waals surface area contributed by atoms with Gasteiger partial charge in [-0.1, -0.05) is 30.3 Å². The van der Waals surface area contributed by atoms with Crippen molar-refractivity contribution in [3.63, 3.8) is 0 Å². The van der Waals surface area contributed by atoms with Crippen molar-refractivity contribution >= 4 is 0 Å². The van der Waals surface area contributed by atoms with Crippen molar-refractivity contribution < 1.29 is 5.11 Å². The first kappa shape index (κ1) is 13.5. The highest BCUT2D eigenvalue weighted by Crippen LogP contribution is 2.17. The van der Waals surface area contributed by atoms with Crippen LogP contribution >= 0.6 is 0 Å². The Labute approximate surface area is 110 Å². The van der Waals surface area contributed by atoms with E-state index in [1.165, 1.54) is 31.5 Å². The second-order valence-electron chi connectivity index (χ2n) is 5.16. The Kier molecular flexibility index (Phi) is 5.65. The summed E-state index contributed by atoms with van der Waals surface area (Å²) in [6, 6.07) is 10.7. The second kappa shape index (κ2) is 7.52. The fourth-order valence-electron chi connectivity index (χ4n) is 2.69. The van der Waals surface area contributed by atoms with E-state index < -0.39 is 0 Å². The Morgan fingerprint density at radius 2 is 2.11 bits per heavy atom. The summed E-state index contributed by atoms with van der Waals surface area (Å²) < 4.78 is 0. The third kappa shape index (κ3) is 4.41. The Hall–Kier alpha value is -0.900. The summed E-state index contributed by atoms with van der Waals surface area (Å²) in [6.07, 6.45) is 2.60. The molecule has 100 valence electrons. The summed E-state index contributed by atoms with van der Waals surface area (Å²) in [5, 5.41) is 12.1. The highest BCUT2D eigenvalue weighted by Gasteiger charge is 2.19. The predicted molar refractivity (Wildman–Crippen MR) is 74.4 cm³/mol. The van der Waals surface area contributed by atoms with Crippen molar-refractivity contribution in [2.45, 2.75) is 19.4 Å². The smallest absolute Gasteiger partial charge is 0.0555 e. The first-order valence-electron chi connectivity index (χ1n) is 6.96. The number of hydrogen-bond donors (Lipinski definition) is 2. The quantitative estimate of drug-likeness (QED) is 0.749. The molecule has 3 heteroatoms. The largest absolute Gasteiger partial charge is 0.395 e. The second-order valence-corrected chi connectivity index (χ2v) is 5.16. The summed E-state index contributed by atoms with van der Waals surface area (Å²) in [4.78, 5) is 2.55. The monoisotopic (exact) mass is 248 g/mol. The van der Waals surface area contributed by atoms with E-state index >= 15 is 0 Å². The van der Waals surface area contributed by atoms with E-state index in [2.05, 4.69) is 40.5 Å². The number of likely N-dealkylation sites (tertiary alicyclic amines) is 1. The van der Waals surface area contributed by atoms with Crippen molar-refractivity contribution in [3.8, 4) is 0 Å². The minimum absolute atomic E-state index is 0.237. The van der Waals surface area contributed by atoms with Crippen molar-refractivity contribution in [1.82, 2.24) is 10.2 Å². The molecule has 1 atom stereocenters. The van der Waals surface area contributed by atoms with Gasteiger partial charge in [-0.15, -0.1) is 0 Å². The lowest BCUT2D eigenvalue weighted by Crippen LogP contribution is -2.39. The number of nitrogens with one attached hydrogen (secondary N) is 1.